The summed E-state index contributed by atoms with van der Waals surface area (Å²) in [4.78, 5) is 12.4. The zero-order valence-corrected chi connectivity index (χ0v) is 19.1. The number of tetrazole rings is 1. The van der Waals surface area contributed by atoms with Gasteiger partial charge in [-0.15, -0.1) is 0 Å². The lowest BCUT2D eigenvalue weighted by Crippen LogP contribution is -2.23. The number of aryl methyl sites for hydroxylation is 3. The van der Waals surface area contributed by atoms with Gasteiger partial charge in [0.1, 0.15) is 18.1 Å². The van der Waals surface area contributed by atoms with Crippen LogP contribution in [0, 0.1) is 13.8 Å². The molecule has 0 unspecified atom stereocenters. The van der Waals surface area contributed by atoms with Gasteiger partial charge in [0.2, 0.25) is 0 Å². The van der Waals surface area contributed by atoms with Crippen LogP contribution in [0.25, 0.3) is 11.4 Å². The molecular weight excluding hydrogens is 464 g/mol. The number of nitrogens with zero attached hydrogens (tertiary/aromatic N) is 6. The lowest BCUT2D eigenvalue weighted by molar-refractivity contribution is 0.294. The van der Waals surface area contributed by atoms with Crippen LogP contribution in [0.4, 0.5) is 0 Å². The molecule has 9 nitrogen and oxygen atoms in total. The third-order valence-electron chi connectivity index (χ3n) is 4.91. The summed E-state index contributed by atoms with van der Waals surface area (Å²) in [6.45, 7) is 4.10. The number of methoxy groups -OCH3 is 1. The highest BCUT2D eigenvalue weighted by Crippen LogP contribution is 2.28. The molecule has 0 saturated heterocycles. The maximum Gasteiger partial charge on any atom is 0.368 e. The van der Waals surface area contributed by atoms with E-state index in [-0.39, 0.29) is 12.3 Å². The number of ether oxygens (including phenoxy) is 2. The van der Waals surface area contributed by atoms with Gasteiger partial charge in [-0.3, -0.25) is 0 Å². The molecule has 2 aromatic carbocycles. The van der Waals surface area contributed by atoms with Crippen LogP contribution in [0.1, 0.15) is 16.8 Å². The van der Waals surface area contributed by atoms with E-state index in [4.69, 9.17) is 9.47 Å². The van der Waals surface area contributed by atoms with Crippen molar-refractivity contribution in [2.24, 2.45) is 7.05 Å². The Hall–Kier alpha value is -3.40. The number of halogens is 1. The third-order valence-corrected chi connectivity index (χ3v) is 5.69. The van der Waals surface area contributed by atoms with Crippen LogP contribution in [0.2, 0.25) is 0 Å². The number of hydrogen-bond acceptors (Lipinski definition) is 6. The van der Waals surface area contributed by atoms with Crippen LogP contribution in [0.3, 0.4) is 0 Å². The van der Waals surface area contributed by atoms with Crippen molar-refractivity contribution in [3.05, 3.63) is 74.4 Å². The molecule has 0 aliphatic heterocycles. The van der Waals surface area contributed by atoms with Gasteiger partial charge in [-0.1, -0.05) is 6.07 Å². The number of rotatable bonds is 6. The van der Waals surface area contributed by atoms with Crippen molar-refractivity contribution < 1.29 is 9.47 Å². The SMILES string of the molecule is COc1cccc(-n2nnn(C)c2=O)c1COc1ccc(-n2cc(Br)c(C)n2)cc1C. The number of hydrogen-bond donors (Lipinski definition) is 0. The quantitative estimate of drug-likeness (QED) is 0.417. The molecule has 0 aliphatic carbocycles. The first-order valence-corrected chi connectivity index (χ1v) is 10.3. The Balaban J connectivity index is 1.63. The first-order valence-electron chi connectivity index (χ1n) is 9.50. The fraction of sp³-hybridized carbons (Fsp3) is 0.238. The van der Waals surface area contributed by atoms with E-state index in [1.165, 1.54) is 9.36 Å². The van der Waals surface area contributed by atoms with E-state index in [1.54, 1.807) is 26.3 Å². The molecule has 0 saturated carbocycles. The highest BCUT2D eigenvalue weighted by molar-refractivity contribution is 9.10. The van der Waals surface area contributed by atoms with Crippen molar-refractivity contribution in [2.45, 2.75) is 20.5 Å². The summed E-state index contributed by atoms with van der Waals surface area (Å²) in [6.07, 6.45) is 1.92. The van der Waals surface area contributed by atoms with Gasteiger partial charge in [-0.05, 0) is 76.1 Å². The van der Waals surface area contributed by atoms with Crippen molar-refractivity contribution in [2.75, 3.05) is 7.11 Å². The predicted molar refractivity (Wildman–Crippen MR) is 118 cm³/mol. The Morgan fingerprint density at radius 2 is 1.90 bits per heavy atom. The molecule has 0 fully saturated rings. The van der Waals surface area contributed by atoms with Gasteiger partial charge in [0, 0.05) is 13.2 Å². The third kappa shape index (κ3) is 3.98. The van der Waals surface area contributed by atoms with Crippen LogP contribution in [-0.4, -0.2) is 36.7 Å². The summed E-state index contributed by atoms with van der Waals surface area (Å²) >= 11 is 3.49. The van der Waals surface area contributed by atoms with Crippen LogP contribution in [0.5, 0.6) is 11.5 Å². The van der Waals surface area contributed by atoms with E-state index in [0.717, 1.165) is 27.2 Å². The highest BCUT2D eigenvalue weighted by Gasteiger charge is 2.16. The molecule has 0 radical (unpaired) electrons. The summed E-state index contributed by atoms with van der Waals surface area (Å²) in [5.41, 5.74) is 3.71. The zero-order valence-electron chi connectivity index (χ0n) is 17.5. The van der Waals surface area contributed by atoms with Gasteiger partial charge in [0.25, 0.3) is 0 Å². The van der Waals surface area contributed by atoms with Crippen LogP contribution < -0.4 is 15.2 Å². The molecule has 4 rings (SSSR count). The van der Waals surface area contributed by atoms with Gasteiger partial charge >= 0.3 is 5.69 Å². The van der Waals surface area contributed by atoms with Crippen molar-refractivity contribution in [1.29, 1.82) is 0 Å². The standard InChI is InChI=1S/C21H21BrN6O3/c1-13-10-15(27-11-17(22)14(2)23-27)8-9-19(13)31-12-16-18(6-5-7-20(16)30-4)28-21(29)26(3)24-25-28/h5-11H,12H2,1-4H3. The molecule has 0 aliphatic rings. The maximum atomic E-state index is 12.4. The van der Waals surface area contributed by atoms with E-state index in [9.17, 15) is 4.79 Å². The number of benzene rings is 2. The van der Waals surface area contributed by atoms with Crippen molar-refractivity contribution in [1.82, 2.24) is 29.6 Å². The molecule has 31 heavy (non-hydrogen) atoms. The van der Waals surface area contributed by atoms with Crippen molar-refractivity contribution in [3.8, 4) is 22.9 Å². The molecule has 0 atom stereocenters. The average Bonchev–Trinajstić information content (AvgIpc) is 3.28. The van der Waals surface area contributed by atoms with E-state index >= 15 is 0 Å². The summed E-state index contributed by atoms with van der Waals surface area (Å²) in [5.74, 6) is 1.32. The Morgan fingerprint density at radius 1 is 1.10 bits per heavy atom. The van der Waals surface area contributed by atoms with Crippen LogP contribution in [0.15, 0.2) is 51.9 Å². The fourth-order valence-corrected chi connectivity index (χ4v) is 3.49. The number of aromatic nitrogens is 6. The molecule has 160 valence electrons. The van der Waals surface area contributed by atoms with Gasteiger partial charge < -0.3 is 9.47 Å². The Labute approximate surface area is 186 Å². The Bertz CT molecular complexity index is 1290. The lowest BCUT2D eigenvalue weighted by atomic mass is 10.1. The molecule has 2 heterocycles. The summed E-state index contributed by atoms with van der Waals surface area (Å²) in [7, 11) is 3.12. The molecule has 0 spiro atoms. The van der Waals surface area contributed by atoms with E-state index < -0.39 is 0 Å². The lowest BCUT2D eigenvalue weighted by Gasteiger charge is -2.15. The molecular formula is C21H21BrN6O3. The van der Waals surface area contributed by atoms with E-state index in [1.807, 2.05) is 49.0 Å². The smallest absolute Gasteiger partial charge is 0.368 e. The second kappa shape index (κ2) is 8.38. The van der Waals surface area contributed by atoms with Crippen LogP contribution in [-0.2, 0) is 13.7 Å². The second-order valence-corrected chi connectivity index (χ2v) is 7.85. The average molecular weight is 485 g/mol. The van der Waals surface area contributed by atoms with Crippen LogP contribution >= 0.6 is 15.9 Å². The minimum atomic E-state index is -0.351. The van der Waals surface area contributed by atoms with Gasteiger partial charge in [-0.2, -0.15) is 14.5 Å². The zero-order chi connectivity index (χ0) is 22.1. The first-order chi connectivity index (χ1) is 14.9. The van der Waals surface area contributed by atoms with E-state index in [2.05, 4.69) is 31.5 Å². The molecule has 4 aromatic rings. The molecule has 0 amide bonds. The van der Waals surface area contributed by atoms with E-state index in [0.29, 0.717) is 17.0 Å². The van der Waals surface area contributed by atoms with Gasteiger partial charge in [0.05, 0.1) is 34.2 Å². The normalized spacial score (nSPS) is 11.0. The minimum Gasteiger partial charge on any atom is -0.496 e. The largest absolute Gasteiger partial charge is 0.496 e. The molecule has 2 aromatic heterocycles. The monoisotopic (exact) mass is 484 g/mol. The molecule has 10 heteroatoms. The predicted octanol–water partition coefficient (Wildman–Crippen LogP) is 3.12. The molecule has 0 N–H and O–H groups in total. The summed E-state index contributed by atoms with van der Waals surface area (Å²) in [6, 6.07) is 11.2. The fourth-order valence-electron chi connectivity index (χ4n) is 3.21. The molecule has 0 bridgehead atoms. The topological polar surface area (TPSA) is 89.0 Å². The van der Waals surface area contributed by atoms with Gasteiger partial charge in [0.15, 0.2) is 0 Å². The second-order valence-electron chi connectivity index (χ2n) is 7.00. The Kier molecular flexibility index (Phi) is 5.64. The van der Waals surface area contributed by atoms with Gasteiger partial charge in [-0.25, -0.2) is 9.48 Å². The summed E-state index contributed by atoms with van der Waals surface area (Å²) in [5, 5.41) is 12.2. The van der Waals surface area contributed by atoms with Crippen molar-refractivity contribution in [3.63, 3.8) is 0 Å². The highest BCUT2D eigenvalue weighted by atomic mass is 79.9. The van der Waals surface area contributed by atoms with Crippen molar-refractivity contribution >= 4 is 15.9 Å². The maximum absolute atomic E-state index is 12.4. The summed E-state index contributed by atoms with van der Waals surface area (Å²) < 4.78 is 16.8. The Morgan fingerprint density at radius 3 is 2.52 bits per heavy atom. The first kappa shape index (κ1) is 20.9. The minimum absolute atomic E-state index is 0.189.